The molecule has 2 rings (SSSR count). The topological polar surface area (TPSA) is 66.5 Å². The van der Waals surface area contributed by atoms with E-state index in [0.29, 0.717) is 5.69 Å². The molecule has 2 aromatic carbocycles. The summed E-state index contributed by atoms with van der Waals surface area (Å²) in [6.45, 7) is 11.0. The molecule has 0 spiro atoms. The molecule has 0 saturated carbocycles. The van der Waals surface area contributed by atoms with Crippen molar-refractivity contribution in [3.05, 3.63) is 59.2 Å². The number of carbonyl (C=O) groups is 1. The summed E-state index contributed by atoms with van der Waals surface area (Å²) in [7, 11) is -3.88. The Morgan fingerprint density at radius 2 is 1.52 bits per heavy atom. The molecule has 0 radical (unpaired) electrons. The lowest BCUT2D eigenvalue weighted by Crippen LogP contribution is -2.47. The third-order valence-corrected chi connectivity index (χ3v) is 5.81. The number of hydrogen-bond donors (Lipinski definition) is 1. The molecule has 0 aliphatic carbocycles. The Kier molecular flexibility index (Phi) is 6.00. The average Bonchev–Trinajstić information content (AvgIpc) is 2.52. The highest BCUT2D eigenvalue weighted by molar-refractivity contribution is 7.92. The minimum absolute atomic E-state index is 0.164. The quantitative estimate of drug-likeness (QED) is 0.849. The largest absolute Gasteiger partial charge is 0.350 e. The van der Waals surface area contributed by atoms with E-state index in [2.05, 4.69) is 5.32 Å². The zero-order valence-corrected chi connectivity index (χ0v) is 17.6. The molecule has 2 aromatic rings. The fraction of sp³-hybridized carbons (Fsp3) is 0.381. The van der Waals surface area contributed by atoms with Gasteiger partial charge in [-0.3, -0.25) is 9.10 Å². The van der Waals surface area contributed by atoms with Crippen molar-refractivity contribution in [1.82, 2.24) is 5.32 Å². The molecule has 27 heavy (non-hydrogen) atoms. The van der Waals surface area contributed by atoms with Gasteiger partial charge in [0.15, 0.2) is 0 Å². The molecule has 146 valence electrons. The Labute approximate surface area is 162 Å². The second-order valence-corrected chi connectivity index (χ2v) is 9.78. The van der Waals surface area contributed by atoms with Gasteiger partial charge < -0.3 is 5.32 Å². The van der Waals surface area contributed by atoms with Gasteiger partial charge in [0, 0.05) is 5.54 Å². The summed E-state index contributed by atoms with van der Waals surface area (Å²) in [6, 6.07) is 12.2. The number of rotatable bonds is 5. The molecule has 0 aliphatic rings. The summed E-state index contributed by atoms with van der Waals surface area (Å²) in [5.74, 6) is -0.349. The Morgan fingerprint density at radius 1 is 0.963 bits per heavy atom. The van der Waals surface area contributed by atoms with E-state index in [1.54, 1.807) is 30.3 Å². The van der Waals surface area contributed by atoms with E-state index in [4.69, 9.17) is 0 Å². The van der Waals surface area contributed by atoms with Gasteiger partial charge >= 0.3 is 0 Å². The van der Waals surface area contributed by atoms with Crippen LogP contribution in [-0.4, -0.2) is 26.4 Å². The molecular weight excluding hydrogens is 360 g/mol. The van der Waals surface area contributed by atoms with Crippen molar-refractivity contribution in [1.29, 1.82) is 0 Å². The molecule has 0 aromatic heterocycles. The first kappa shape index (κ1) is 21.0. The summed E-state index contributed by atoms with van der Waals surface area (Å²) in [5.41, 5.74) is 2.86. The van der Waals surface area contributed by atoms with E-state index in [-0.39, 0.29) is 17.3 Å². The van der Waals surface area contributed by atoms with Crippen LogP contribution in [0.25, 0.3) is 0 Å². The molecule has 6 heteroatoms. The normalized spacial score (nSPS) is 11.9. The van der Waals surface area contributed by atoms with E-state index in [9.17, 15) is 13.2 Å². The van der Waals surface area contributed by atoms with E-state index < -0.39 is 15.6 Å². The molecule has 5 nitrogen and oxygen atoms in total. The number of amides is 1. The second kappa shape index (κ2) is 7.72. The lowest BCUT2D eigenvalue weighted by Gasteiger charge is -2.28. The minimum atomic E-state index is -3.88. The van der Waals surface area contributed by atoms with Crippen LogP contribution in [0, 0.1) is 20.8 Å². The summed E-state index contributed by atoms with van der Waals surface area (Å²) in [6.07, 6.45) is 0. The zero-order valence-electron chi connectivity index (χ0n) is 16.8. The van der Waals surface area contributed by atoms with Crippen LogP contribution in [0.15, 0.2) is 47.4 Å². The lowest BCUT2D eigenvalue weighted by atomic mass is 10.1. The number of carbonyl (C=O) groups excluding carboxylic acids is 1. The zero-order chi connectivity index (χ0) is 20.4. The highest BCUT2D eigenvalue weighted by Gasteiger charge is 2.29. The van der Waals surface area contributed by atoms with Crippen LogP contribution in [0.5, 0.6) is 0 Å². The monoisotopic (exact) mass is 388 g/mol. The Balaban J connectivity index is 2.51. The molecule has 1 N–H and O–H groups in total. The van der Waals surface area contributed by atoms with Crippen molar-refractivity contribution in [3.8, 4) is 0 Å². The van der Waals surface area contributed by atoms with Crippen LogP contribution in [0.3, 0.4) is 0 Å². The van der Waals surface area contributed by atoms with E-state index in [1.807, 2.05) is 53.7 Å². The van der Waals surface area contributed by atoms with E-state index in [1.165, 1.54) is 4.31 Å². The van der Waals surface area contributed by atoms with Crippen molar-refractivity contribution < 1.29 is 13.2 Å². The molecule has 0 aliphatic heterocycles. The highest BCUT2D eigenvalue weighted by Crippen LogP contribution is 2.27. The highest BCUT2D eigenvalue weighted by atomic mass is 32.2. The maximum absolute atomic E-state index is 13.3. The summed E-state index contributed by atoms with van der Waals surface area (Å²) in [4.78, 5) is 12.7. The first-order chi connectivity index (χ1) is 12.4. The maximum Gasteiger partial charge on any atom is 0.264 e. The number of nitrogens with zero attached hydrogens (tertiary/aromatic N) is 1. The van der Waals surface area contributed by atoms with Gasteiger partial charge in [-0.25, -0.2) is 8.42 Å². The molecular formula is C21H28N2O3S. The van der Waals surface area contributed by atoms with Crippen LogP contribution in [-0.2, 0) is 14.8 Å². The summed E-state index contributed by atoms with van der Waals surface area (Å²) >= 11 is 0. The number of hydrogen-bond acceptors (Lipinski definition) is 3. The number of nitrogens with one attached hydrogen (secondary N) is 1. The van der Waals surface area contributed by atoms with Gasteiger partial charge in [0.1, 0.15) is 6.54 Å². The van der Waals surface area contributed by atoms with Crippen LogP contribution >= 0.6 is 0 Å². The van der Waals surface area contributed by atoms with Crippen molar-refractivity contribution in [2.45, 2.75) is 52.0 Å². The fourth-order valence-corrected chi connectivity index (χ4v) is 4.30. The number of benzene rings is 2. The van der Waals surface area contributed by atoms with Gasteiger partial charge in [-0.1, -0.05) is 35.4 Å². The summed E-state index contributed by atoms with van der Waals surface area (Å²) in [5, 5.41) is 2.84. The predicted octanol–water partition coefficient (Wildman–Crippen LogP) is 3.72. The molecule has 0 unspecified atom stereocenters. The molecule has 0 saturated heterocycles. The van der Waals surface area contributed by atoms with Crippen molar-refractivity contribution in [2.75, 3.05) is 10.8 Å². The van der Waals surface area contributed by atoms with Crippen molar-refractivity contribution >= 4 is 21.6 Å². The minimum Gasteiger partial charge on any atom is -0.350 e. The Hall–Kier alpha value is -2.34. The first-order valence-corrected chi connectivity index (χ1v) is 10.3. The second-order valence-electron chi connectivity index (χ2n) is 7.91. The lowest BCUT2D eigenvalue weighted by molar-refractivity contribution is -0.121. The molecule has 0 atom stereocenters. The van der Waals surface area contributed by atoms with E-state index in [0.717, 1.165) is 16.7 Å². The van der Waals surface area contributed by atoms with Crippen LogP contribution in [0.4, 0.5) is 5.69 Å². The SMILES string of the molecule is Cc1ccc(S(=O)(=O)N(CC(=O)NC(C)(C)C)c2ccc(C)cc2C)cc1. The standard InChI is InChI=1S/C21H28N2O3S/c1-15-7-10-18(11-8-15)27(25,26)23(14-20(24)22-21(4,5)6)19-12-9-16(2)13-17(19)3/h7-13H,14H2,1-6H3,(H,22,24). The van der Waals surface area contributed by atoms with Gasteiger partial charge in [0.25, 0.3) is 10.0 Å². The maximum atomic E-state index is 13.3. The third kappa shape index (κ3) is 5.32. The smallest absolute Gasteiger partial charge is 0.264 e. The summed E-state index contributed by atoms with van der Waals surface area (Å²) < 4.78 is 27.8. The van der Waals surface area contributed by atoms with Gasteiger partial charge in [-0.15, -0.1) is 0 Å². The van der Waals surface area contributed by atoms with Gasteiger partial charge in [0.05, 0.1) is 10.6 Å². The predicted molar refractivity (Wildman–Crippen MR) is 110 cm³/mol. The van der Waals surface area contributed by atoms with E-state index >= 15 is 0 Å². The third-order valence-electron chi connectivity index (χ3n) is 4.03. The van der Waals surface area contributed by atoms with Crippen molar-refractivity contribution in [2.24, 2.45) is 0 Å². The molecule has 0 bridgehead atoms. The number of aryl methyl sites for hydroxylation is 3. The molecule has 0 heterocycles. The Bertz CT molecular complexity index is 927. The van der Waals surface area contributed by atoms with Crippen molar-refractivity contribution in [3.63, 3.8) is 0 Å². The fourth-order valence-electron chi connectivity index (χ4n) is 2.81. The number of sulfonamides is 1. The molecule has 0 fully saturated rings. The van der Waals surface area contributed by atoms with Gasteiger partial charge in [-0.2, -0.15) is 0 Å². The first-order valence-electron chi connectivity index (χ1n) is 8.88. The van der Waals surface area contributed by atoms with Crippen LogP contribution in [0.1, 0.15) is 37.5 Å². The van der Waals surface area contributed by atoms with Crippen LogP contribution in [0.2, 0.25) is 0 Å². The van der Waals surface area contributed by atoms with Gasteiger partial charge in [0.2, 0.25) is 5.91 Å². The molecule has 1 amide bonds. The average molecular weight is 389 g/mol. The number of anilines is 1. The Morgan fingerprint density at radius 3 is 2.04 bits per heavy atom. The van der Waals surface area contributed by atoms with Crippen LogP contribution < -0.4 is 9.62 Å². The van der Waals surface area contributed by atoms with Gasteiger partial charge in [-0.05, 0) is 65.3 Å².